The second kappa shape index (κ2) is 7.63. The van der Waals surface area contributed by atoms with Crippen molar-refractivity contribution in [1.82, 2.24) is 34.4 Å². The first-order valence-corrected chi connectivity index (χ1v) is 11.9. The minimum Gasteiger partial charge on any atom is -0.324 e. The molecule has 0 spiro atoms. The minimum absolute atomic E-state index is 0.0839. The molecule has 1 atom stereocenters. The second-order valence-corrected chi connectivity index (χ2v) is 9.91. The van der Waals surface area contributed by atoms with Crippen molar-refractivity contribution >= 4 is 22.8 Å². The molecule has 4 aromatic rings. The van der Waals surface area contributed by atoms with Crippen molar-refractivity contribution < 1.29 is 4.79 Å². The first kappa shape index (κ1) is 22.2. The van der Waals surface area contributed by atoms with Crippen LogP contribution in [0, 0.1) is 23.7 Å². The molecule has 6 rings (SSSR count). The van der Waals surface area contributed by atoms with Gasteiger partial charge in [-0.05, 0) is 39.8 Å². The predicted octanol–water partition coefficient (Wildman–Crippen LogP) is 3.29. The third kappa shape index (κ3) is 3.06. The van der Waals surface area contributed by atoms with Crippen LogP contribution in [0.1, 0.15) is 32.2 Å². The van der Waals surface area contributed by atoms with Crippen LogP contribution in [0.25, 0.3) is 33.8 Å². The third-order valence-corrected chi connectivity index (χ3v) is 7.38. The van der Waals surface area contributed by atoms with Gasteiger partial charge in [-0.3, -0.25) is 9.69 Å². The molecule has 3 aromatic heterocycles. The number of nitrogens with zero attached hydrogens (tertiary/aromatic N) is 8. The number of hydrogen-bond acceptors (Lipinski definition) is 8. The van der Waals surface area contributed by atoms with Gasteiger partial charge in [-0.15, -0.1) is 0 Å². The molecule has 5 heterocycles. The van der Waals surface area contributed by atoms with Crippen molar-refractivity contribution in [3.8, 4) is 28.7 Å². The lowest BCUT2D eigenvalue weighted by Crippen LogP contribution is -2.63. The Hall–Kier alpha value is -4.23. The van der Waals surface area contributed by atoms with E-state index in [9.17, 15) is 10.1 Å². The number of nitriles is 1. The number of likely N-dealkylation sites (tertiary alicyclic amines) is 1. The molecule has 0 saturated carbocycles. The van der Waals surface area contributed by atoms with E-state index >= 15 is 0 Å². The van der Waals surface area contributed by atoms with E-state index in [0.29, 0.717) is 36.7 Å². The van der Waals surface area contributed by atoms with Gasteiger partial charge in [0.25, 0.3) is 0 Å². The van der Waals surface area contributed by atoms with Crippen molar-refractivity contribution in [2.75, 3.05) is 18.4 Å². The quantitative estimate of drug-likeness (QED) is 0.473. The summed E-state index contributed by atoms with van der Waals surface area (Å²) >= 11 is 0. The Morgan fingerprint density at radius 1 is 1.11 bits per heavy atom. The fourth-order valence-corrected chi connectivity index (χ4v) is 5.24. The summed E-state index contributed by atoms with van der Waals surface area (Å²) in [6, 6.07) is 8.23. The van der Waals surface area contributed by atoms with Crippen molar-refractivity contribution in [2.24, 2.45) is 5.41 Å². The lowest BCUT2D eigenvalue weighted by molar-refractivity contribution is -0.134. The van der Waals surface area contributed by atoms with Gasteiger partial charge in [0.15, 0.2) is 5.65 Å². The summed E-state index contributed by atoms with van der Waals surface area (Å²) in [7, 11) is 0. The van der Waals surface area contributed by atoms with Gasteiger partial charge in [-0.1, -0.05) is 6.07 Å². The molecular weight excluding hydrogens is 454 g/mol. The number of hydrogen-bond donors (Lipinski definition) is 1. The van der Waals surface area contributed by atoms with Crippen molar-refractivity contribution in [2.45, 2.75) is 39.8 Å². The van der Waals surface area contributed by atoms with Crippen LogP contribution < -0.4 is 5.32 Å². The van der Waals surface area contributed by atoms with Crippen LogP contribution in [-0.2, 0) is 16.9 Å². The maximum Gasteiger partial charge on any atom is 0.249 e. The number of aromatic nitrogens is 6. The number of benzene rings is 1. The van der Waals surface area contributed by atoms with Crippen LogP contribution in [0.3, 0.4) is 0 Å². The van der Waals surface area contributed by atoms with Gasteiger partial charge in [0.1, 0.15) is 34.7 Å². The molecule has 1 N–H and O–H groups in total. The Labute approximate surface area is 208 Å². The third-order valence-electron chi connectivity index (χ3n) is 7.38. The predicted molar refractivity (Wildman–Crippen MR) is 133 cm³/mol. The fourth-order valence-electron chi connectivity index (χ4n) is 5.24. The van der Waals surface area contributed by atoms with Gasteiger partial charge in [-0.25, -0.2) is 24.9 Å². The van der Waals surface area contributed by atoms with Crippen molar-refractivity contribution in [1.29, 1.82) is 5.26 Å². The largest absolute Gasteiger partial charge is 0.324 e. The van der Waals surface area contributed by atoms with E-state index in [1.54, 1.807) is 18.7 Å². The molecule has 36 heavy (non-hydrogen) atoms. The van der Waals surface area contributed by atoms with E-state index < -0.39 is 11.0 Å². The van der Waals surface area contributed by atoms with Crippen molar-refractivity contribution in [3.05, 3.63) is 48.3 Å². The molecule has 0 aliphatic carbocycles. The summed E-state index contributed by atoms with van der Waals surface area (Å²) in [6.07, 6.45) is 5.08. The maximum absolute atomic E-state index is 13.1. The summed E-state index contributed by atoms with van der Waals surface area (Å²) in [5, 5.41) is 12.5. The standard InChI is InChI=1S/C26H25N9O/c1-5-35-22(17-9-28-15(2)29-10-17)33-21-20(30-14-31-23(21)35)16-6-7-19-18(8-16)26(4,24(36)32-19)34-12-25(3,11-27)13-34/h6-10,14H,5,12-13H2,1-4H3,(H,32,36). The SMILES string of the molecule is CCn1c(-c2cnc(C)nc2)nc2c(-c3ccc4c(c3)C(C)(N3CC(C)(C#N)C3)C(=O)N4)ncnc21. The molecule has 2 aliphatic rings. The number of amides is 1. The van der Waals surface area contributed by atoms with E-state index in [0.717, 1.165) is 33.8 Å². The van der Waals surface area contributed by atoms with E-state index in [-0.39, 0.29) is 5.91 Å². The highest BCUT2D eigenvalue weighted by molar-refractivity contribution is 6.06. The molecule has 180 valence electrons. The first-order valence-electron chi connectivity index (χ1n) is 11.9. The van der Waals surface area contributed by atoms with E-state index in [2.05, 4.69) is 36.2 Å². The molecular formula is C26H25N9O. The van der Waals surface area contributed by atoms with E-state index in [1.807, 2.05) is 50.5 Å². The number of aryl methyl sites for hydroxylation is 2. The van der Waals surface area contributed by atoms with Crippen LogP contribution in [0.5, 0.6) is 0 Å². The minimum atomic E-state index is -0.860. The molecule has 1 unspecified atom stereocenters. The summed E-state index contributed by atoms with van der Waals surface area (Å²) in [5.41, 5.74) is 4.10. The number of imidazole rings is 1. The Bertz CT molecular complexity index is 1580. The van der Waals surface area contributed by atoms with Crippen LogP contribution >= 0.6 is 0 Å². The summed E-state index contributed by atoms with van der Waals surface area (Å²) in [5.74, 6) is 1.34. The number of nitrogens with one attached hydrogen (secondary N) is 1. The summed E-state index contributed by atoms with van der Waals surface area (Å²) < 4.78 is 2.03. The van der Waals surface area contributed by atoms with Crippen molar-refractivity contribution in [3.63, 3.8) is 0 Å². The Morgan fingerprint density at radius 2 is 1.86 bits per heavy atom. The normalized spacial score (nSPS) is 20.6. The summed E-state index contributed by atoms with van der Waals surface area (Å²) in [6.45, 7) is 9.49. The highest BCUT2D eigenvalue weighted by Crippen LogP contribution is 2.47. The first-order chi connectivity index (χ1) is 17.3. The average molecular weight is 480 g/mol. The molecule has 1 amide bonds. The lowest BCUT2D eigenvalue weighted by atomic mass is 9.77. The Balaban J connectivity index is 1.47. The second-order valence-electron chi connectivity index (χ2n) is 9.91. The van der Waals surface area contributed by atoms with Crippen LogP contribution in [0.2, 0.25) is 0 Å². The van der Waals surface area contributed by atoms with Gasteiger partial charge in [0.2, 0.25) is 5.91 Å². The molecule has 0 bridgehead atoms. The van der Waals surface area contributed by atoms with E-state index in [4.69, 9.17) is 4.98 Å². The molecule has 1 fully saturated rings. The van der Waals surface area contributed by atoms with Gasteiger partial charge < -0.3 is 9.88 Å². The Morgan fingerprint density at radius 3 is 2.56 bits per heavy atom. The molecule has 10 heteroatoms. The fraction of sp³-hybridized carbons (Fsp3) is 0.346. The van der Waals surface area contributed by atoms with Gasteiger partial charge in [0.05, 0.1) is 17.0 Å². The number of rotatable bonds is 4. The molecule has 10 nitrogen and oxygen atoms in total. The number of anilines is 1. The zero-order valence-electron chi connectivity index (χ0n) is 20.6. The van der Waals surface area contributed by atoms with Crippen LogP contribution in [-0.4, -0.2) is 53.4 Å². The monoisotopic (exact) mass is 479 g/mol. The molecule has 2 aliphatic heterocycles. The Kier molecular flexibility index (Phi) is 4.72. The smallest absolute Gasteiger partial charge is 0.249 e. The zero-order chi connectivity index (χ0) is 25.2. The van der Waals surface area contributed by atoms with Crippen LogP contribution in [0.4, 0.5) is 5.69 Å². The number of fused-ring (bicyclic) bond motifs is 2. The summed E-state index contributed by atoms with van der Waals surface area (Å²) in [4.78, 5) is 37.9. The maximum atomic E-state index is 13.1. The average Bonchev–Trinajstić information content (AvgIpc) is 3.37. The lowest BCUT2D eigenvalue weighted by Gasteiger charge is -2.50. The highest BCUT2D eigenvalue weighted by atomic mass is 16.2. The molecule has 1 aromatic carbocycles. The highest BCUT2D eigenvalue weighted by Gasteiger charge is 2.55. The van der Waals surface area contributed by atoms with E-state index in [1.165, 1.54) is 0 Å². The molecule has 0 radical (unpaired) electrons. The van der Waals surface area contributed by atoms with Gasteiger partial charge >= 0.3 is 0 Å². The topological polar surface area (TPSA) is 126 Å². The number of carbonyl (C=O) groups is 1. The molecule has 1 saturated heterocycles. The number of carbonyl (C=O) groups excluding carboxylic acids is 1. The van der Waals surface area contributed by atoms with Gasteiger partial charge in [-0.2, -0.15) is 5.26 Å². The van der Waals surface area contributed by atoms with Crippen LogP contribution in [0.15, 0.2) is 36.9 Å². The zero-order valence-corrected chi connectivity index (χ0v) is 20.6. The van der Waals surface area contributed by atoms with Gasteiger partial charge in [0, 0.05) is 48.8 Å².